The van der Waals surface area contributed by atoms with Crippen LogP contribution in [0.25, 0.3) is 0 Å². The standard InChI is InChI=1S/C24H12Cl5F5N2O2/c25-14-3-2-11(8-12(14)21(37)36-17-4-1-10(30)7-16(17)31)35-22(38)19-18(23(19,28)29)9-5-13(24(32,33)34)20(27)15(26)6-9/h1-8,18-19H,(H,35,38)(H,36,37). The molecule has 2 atom stereocenters. The topological polar surface area (TPSA) is 58.2 Å². The van der Waals surface area contributed by atoms with Gasteiger partial charge in [0.05, 0.1) is 37.8 Å². The van der Waals surface area contributed by atoms with E-state index in [1.165, 1.54) is 18.2 Å². The largest absolute Gasteiger partial charge is 0.417 e. The number of hydrogen-bond donors (Lipinski definition) is 2. The first-order chi connectivity index (χ1) is 17.6. The van der Waals surface area contributed by atoms with Crippen LogP contribution in [0.2, 0.25) is 15.1 Å². The Kier molecular flexibility index (Phi) is 7.82. The third kappa shape index (κ3) is 5.67. The molecule has 0 spiro atoms. The molecule has 1 aliphatic carbocycles. The van der Waals surface area contributed by atoms with Crippen molar-refractivity contribution in [3.63, 3.8) is 0 Å². The summed E-state index contributed by atoms with van der Waals surface area (Å²) >= 11 is 30.1. The molecule has 1 saturated carbocycles. The van der Waals surface area contributed by atoms with Gasteiger partial charge in [-0.2, -0.15) is 13.2 Å². The zero-order valence-corrected chi connectivity index (χ0v) is 22.1. The van der Waals surface area contributed by atoms with Gasteiger partial charge in [0.15, 0.2) is 0 Å². The predicted octanol–water partition coefficient (Wildman–Crippen LogP) is 8.72. The van der Waals surface area contributed by atoms with Crippen LogP contribution in [0.4, 0.5) is 33.3 Å². The molecule has 0 aromatic heterocycles. The van der Waals surface area contributed by atoms with Crippen LogP contribution in [-0.2, 0) is 11.0 Å². The van der Waals surface area contributed by atoms with Crippen LogP contribution >= 0.6 is 58.0 Å². The molecule has 4 nitrogen and oxygen atoms in total. The molecule has 14 heteroatoms. The third-order valence-corrected chi connectivity index (χ3v) is 7.78. The second kappa shape index (κ2) is 10.4. The van der Waals surface area contributed by atoms with Crippen molar-refractivity contribution >= 4 is 81.2 Å². The van der Waals surface area contributed by atoms with E-state index in [1.807, 2.05) is 0 Å². The Balaban J connectivity index is 1.55. The first kappa shape index (κ1) is 28.7. The van der Waals surface area contributed by atoms with Crippen LogP contribution in [0.5, 0.6) is 0 Å². The number of rotatable bonds is 5. The molecular formula is C24H12Cl5F5N2O2. The van der Waals surface area contributed by atoms with Gasteiger partial charge in [-0.1, -0.05) is 34.8 Å². The highest BCUT2D eigenvalue weighted by Crippen LogP contribution is 2.66. The van der Waals surface area contributed by atoms with Gasteiger partial charge in [-0.15, -0.1) is 23.2 Å². The normalized spacial score (nSPS) is 18.2. The molecule has 3 aromatic rings. The summed E-state index contributed by atoms with van der Waals surface area (Å²) in [6.45, 7) is 0. The maximum absolute atomic E-state index is 13.9. The van der Waals surface area contributed by atoms with Gasteiger partial charge >= 0.3 is 6.18 Å². The van der Waals surface area contributed by atoms with E-state index in [9.17, 15) is 31.5 Å². The van der Waals surface area contributed by atoms with Gasteiger partial charge in [-0.3, -0.25) is 9.59 Å². The van der Waals surface area contributed by atoms with Crippen LogP contribution in [0.15, 0.2) is 48.5 Å². The molecule has 2 N–H and O–H groups in total. The molecule has 1 fully saturated rings. The molecule has 2 amide bonds. The van der Waals surface area contributed by atoms with E-state index in [2.05, 4.69) is 10.6 Å². The van der Waals surface area contributed by atoms with Crippen LogP contribution in [0.3, 0.4) is 0 Å². The summed E-state index contributed by atoms with van der Waals surface area (Å²) in [5.41, 5.74) is -1.67. The smallest absolute Gasteiger partial charge is 0.326 e. The summed E-state index contributed by atoms with van der Waals surface area (Å²) in [5.74, 6) is -5.73. The molecular weight excluding hydrogens is 621 g/mol. The van der Waals surface area contributed by atoms with E-state index < -0.39 is 61.4 Å². The fraction of sp³-hybridized carbons (Fsp3) is 0.167. The fourth-order valence-electron chi connectivity index (χ4n) is 3.84. The lowest BCUT2D eigenvalue weighted by atomic mass is 10.0. The Labute approximate surface area is 236 Å². The number of hydrogen-bond acceptors (Lipinski definition) is 2. The Bertz CT molecular complexity index is 1460. The van der Waals surface area contributed by atoms with Gasteiger partial charge in [-0.25, -0.2) is 8.78 Å². The van der Waals surface area contributed by atoms with Crippen molar-refractivity contribution in [3.8, 4) is 0 Å². The number of alkyl halides is 5. The molecule has 0 radical (unpaired) electrons. The molecule has 0 heterocycles. The minimum Gasteiger partial charge on any atom is -0.326 e. The zero-order chi connectivity index (χ0) is 28.2. The molecule has 2 unspecified atom stereocenters. The van der Waals surface area contributed by atoms with Crippen LogP contribution in [0, 0.1) is 17.6 Å². The van der Waals surface area contributed by atoms with E-state index in [1.54, 1.807) is 0 Å². The zero-order valence-electron chi connectivity index (χ0n) is 18.4. The molecule has 4 rings (SSSR count). The fourth-order valence-corrected chi connectivity index (χ4v) is 5.32. The SMILES string of the molecule is O=C(Nc1ccc(F)cc1F)c1cc(NC(=O)C2C(c3cc(Cl)c(Cl)c(C(F)(F)F)c3)C2(Cl)Cl)ccc1Cl. The van der Waals surface area contributed by atoms with Crippen LogP contribution in [0.1, 0.15) is 27.4 Å². The van der Waals surface area contributed by atoms with E-state index in [-0.39, 0.29) is 27.5 Å². The van der Waals surface area contributed by atoms with Gasteiger partial charge < -0.3 is 10.6 Å². The average Bonchev–Trinajstić information content (AvgIpc) is 3.39. The lowest BCUT2D eigenvalue weighted by Crippen LogP contribution is -2.18. The van der Waals surface area contributed by atoms with Gasteiger partial charge in [-0.05, 0) is 48.0 Å². The van der Waals surface area contributed by atoms with Gasteiger partial charge in [0.2, 0.25) is 5.91 Å². The van der Waals surface area contributed by atoms with E-state index in [4.69, 9.17) is 58.0 Å². The number of halogens is 10. The Morgan fingerprint density at radius 3 is 2.18 bits per heavy atom. The van der Waals surface area contributed by atoms with Crippen LogP contribution in [-0.4, -0.2) is 16.1 Å². The second-order valence-corrected chi connectivity index (χ2v) is 10.9. The van der Waals surface area contributed by atoms with Crippen molar-refractivity contribution in [2.24, 2.45) is 5.92 Å². The lowest BCUT2D eigenvalue weighted by Gasteiger charge is -2.13. The molecule has 0 aliphatic heterocycles. The number of nitrogens with one attached hydrogen (secondary N) is 2. The van der Waals surface area contributed by atoms with E-state index >= 15 is 0 Å². The maximum Gasteiger partial charge on any atom is 0.417 e. The summed E-state index contributed by atoms with van der Waals surface area (Å²) in [5, 5.41) is 3.59. The Hall–Kier alpha value is -2.30. The summed E-state index contributed by atoms with van der Waals surface area (Å²) in [4.78, 5) is 25.6. The number of benzene rings is 3. The summed E-state index contributed by atoms with van der Waals surface area (Å²) < 4.78 is 65.4. The molecule has 1 aliphatic rings. The van der Waals surface area contributed by atoms with Gasteiger partial charge in [0.25, 0.3) is 5.91 Å². The Morgan fingerprint density at radius 2 is 1.55 bits per heavy atom. The van der Waals surface area contributed by atoms with Crippen molar-refractivity contribution in [2.45, 2.75) is 16.4 Å². The van der Waals surface area contributed by atoms with Gasteiger partial charge in [0, 0.05) is 17.7 Å². The Morgan fingerprint density at radius 1 is 0.868 bits per heavy atom. The molecule has 200 valence electrons. The van der Waals surface area contributed by atoms with Crippen molar-refractivity contribution in [3.05, 3.63) is 91.9 Å². The quantitative estimate of drug-likeness (QED) is 0.218. The van der Waals surface area contributed by atoms with E-state index in [0.717, 1.165) is 24.3 Å². The first-order valence-electron chi connectivity index (χ1n) is 10.4. The highest BCUT2D eigenvalue weighted by Gasteiger charge is 2.68. The summed E-state index contributed by atoms with van der Waals surface area (Å²) in [6, 6.07) is 8.22. The predicted molar refractivity (Wildman–Crippen MR) is 137 cm³/mol. The minimum atomic E-state index is -4.82. The van der Waals surface area contributed by atoms with Crippen molar-refractivity contribution < 1.29 is 31.5 Å². The number of carbonyl (C=O) groups excluding carboxylic acids is 2. The van der Waals surface area contributed by atoms with E-state index in [0.29, 0.717) is 6.07 Å². The maximum atomic E-state index is 13.9. The lowest BCUT2D eigenvalue weighted by molar-refractivity contribution is -0.137. The molecule has 0 bridgehead atoms. The molecule has 38 heavy (non-hydrogen) atoms. The second-order valence-electron chi connectivity index (χ2n) is 8.25. The first-order valence-corrected chi connectivity index (χ1v) is 12.3. The molecule has 3 aromatic carbocycles. The highest BCUT2D eigenvalue weighted by molar-refractivity contribution is 6.53. The number of amides is 2. The van der Waals surface area contributed by atoms with Crippen molar-refractivity contribution in [1.82, 2.24) is 0 Å². The monoisotopic (exact) mass is 630 g/mol. The average molecular weight is 633 g/mol. The van der Waals surface area contributed by atoms with Gasteiger partial charge in [0.1, 0.15) is 16.0 Å². The van der Waals surface area contributed by atoms with Crippen molar-refractivity contribution in [2.75, 3.05) is 10.6 Å². The number of carbonyl (C=O) groups is 2. The van der Waals surface area contributed by atoms with Crippen molar-refractivity contribution in [1.29, 1.82) is 0 Å². The number of anilines is 2. The minimum absolute atomic E-state index is 0.0469. The highest BCUT2D eigenvalue weighted by atomic mass is 35.5. The third-order valence-electron chi connectivity index (χ3n) is 5.71. The molecule has 0 saturated heterocycles. The summed E-state index contributed by atoms with van der Waals surface area (Å²) in [6.07, 6.45) is -4.82. The van der Waals surface area contributed by atoms with Crippen LogP contribution < -0.4 is 10.6 Å². The summed E-state index contributed by atoms with van der Waals surface area (Å²) in [7, 11) is 0.